The lowest BCUT2D eigenvalue weighted by Gasteiger charge is -2.09. The minimum atomic E-state index is -0.392. The highest BCUT2D eigenvalue weighted by Gasteiger charge is 2.07. The van der Waals surface area contributed by atoms with Crippen molar-refractivity contribution in [1.29, 1.82) is 10.5 Å². The summed E-state index contributed by atoms with van der Waals surface area (Å²) in [4.78, 5) is 0. The number of aryl methyl sites for hydroxylation is 1. The topological polar surface area (TPSA) is 68.8 Å². The van der Waals surface area contributed by atoms with Gasteiger partial charge < -0.3 is 10.1 Å². The zero-order valence-corrected chi connectivity index (χ0v) is 9.41. The van der Waals surface area contributed by atoms with Crippen LogP contribution in [0.4, 0.5) is 10.1 Å². The monoisotopic (exact) mass is 231 g/mol. The first kappa shape index (κ1) is 12.5. The number of hydrogen-bond acceptors (Lipinski definition) is 4. The first-order valence-electron chi connectivity index (χ1n) is 4.73. The van der Waals surface area contributed by atoms with Crippen molar-refractivity contribution >= 4 is 5.69 Å². The molecule has 1 aromatic rings. The van der Waals surface area contributed by atoms with Crippen LogP contribution in [0.2, 0.25) is 0 Å². The summed E-state index contributed by atoms with van der Waals surface area (Å²) >= 11 is 0. The Morgan fingerprint density at radius 1 is 1.41 bits per heavy atom. The molecule has 0 aliphatic heterocycles. The van der Waals surface area contributed by atoms with E-state index in [9.17, 15) is 4.39 Å². The van der Waals surface area contributed by atoms with Crippen molar-refractivity contribution in [2.45, 2.75) is 6.92 Å². The van der Waals surface area contributed by atoms with E-state index in [1.54, 1.807) is 19.1 Å². The second kappa shape index (κ2) is 5.53. The summed E-state index contributed by atoms with van der Waals surface area (Å²) < 4.78 is 18.4. The van der Waals surface area contributed by atoms with Crippen LogP contribution in [0.3, 0.4) is 0 Å². The van der Waals surface area contributed by atoms with Crippen molar-refractivity contribution in [1.82, 2.24) is 0 Å². The quantitative estimate of drug-likeness (QED) is 0.811. The van der Waals surface area contributed by atoms with Crippen LogP contribution >= 0.6 is 0 Å². The van der Waals surface area contributed by atoms with E-state index in [1.165, 1.54) is 25.4 Å². The molecule has 0 spiro atoms. The number of anilines is 1. The van der Waals surface area contributed by atoms with Gasteiger partial charge in [0.05, 0.1) is 12.8 Å². The van der Waals surface area contributed by atoms with Gasteiger partial charge in [-0.3, -0.25) is 0 Å². The first-order chi connectivity index (χ1) is 8.12. The molecule has 0 aliphatic carbocycles. The second-order valence-electron chi connectivity index (χ2n) is 3.23. The van der Waals surface area contributed by atoms with Crippen LogP contribution in [-0.4, -0.2) is 7.11 Å². The predicted molar refractivity (Wildman–Crippen MR) is 60.6 cm³/mol. The van der Waals surface area contributed by atoms with Crippen molar-refractivity contribution in [3.05, 3.63) is 35.3 Å². The van der Waals surface area contributed by atoms with Gasteiger partial charge in [0.1, 0.15) is 29.3 Å². The molecule has 17 heavy (non-hydrogen) atoms. The fourth-order valence-electron chi connectivity index (χ4n) is 1.18. The molecule has 0 aliphatic rings. The van der Waals surface area contributed by atoms with E-state index in [-0.39, 0.29) is 5.57 Å². The summed E-state index contributed by atoms with van der Waals surface area (Å²) in [5, 5.41) is 19.7. The fourth-order valence-corrected chi connectivity index (χ4v) is 1.18. The predicted octanol–water partition coefficient (Wildman–Crippen LogP) is 2.49. The molecule has 0 aromatic heterocycles. The summed E-state index contributed by atoms with van der Waals surface area (Å²) in [6.45, 7) is 1.62. The van der Waals surface area contributed by atoms with Crippen LogP contribution in [-0.2, 0) is 0 Å². The fraction of sp³-hybridized carbons (Fsp3) is 0.167. The number of halogens is 1. The molecule has 0 bridgehead atoms. The van der Waals surface area contributed by atoms with Crippen LogP contribution in [0, 0.1) is 35.4 Å². The van der Waals surface area contributed by atoms with E-state index in [2.05, 4.69) is 5.32 Å². The maximum Gasteiger partial charge on any atom is 0.145 e. The summed E-state index contributed by atoms with van der Waals surface area (Å²) in [7, 11) is 1.46. The van der Waals surface area contributed by atoms with Crippen LogP contribution in [0.25, 0.3) is 0 Å². The van der Waals surface area contributed by atoms with E-state index < -0.39 is 5.82 Å². The molecule has 1 N–H and O–H groups in total. The Labute approximate surface area is 98.5 Å². The first-order valence-corrected chi connectivity index (χ1v) is 4.73. The molecule has 0 amide bonds. The third-order valence-corrected chi connectivity index (χ3v) is 2.09. The molecule has 4 nitrogen and oxygen atoms in total. The molecule has 0 saturated carbocycles. The average Bonchev–Trinajstić information content (AvgIpc) is 2.34. The van der Waals surface area contributed by atoms with E-state index in [1.807, 2.05) is 0 Å². The Bertz CT molecular complexity index is 522. The maximum atomic E-state index is 13.3. The number of allylic oxidation sites excluding steroid dienone is 1. The highest BCUT2D eigenvalue weighted by Crippen LogP contribution is 2.27. The SMILES string of the molecule is COc1cc(C)c(F)cc1NC=C(C#N)C#N. The Hall–Kier alpha value is -2.53. The minimum absolute atomic E-state index is 0.104. The molecule has 0 atom stereocenters. The largest absolute Gasteiger partial charge is 0.495 e. The van der Waals surface area contributed by atoms with Crippen LogP contribution in [0.5, 0.6) is 5.75 Å². The van der Waals surface area contributed by atoms with Gasteiger partial charge in [-0.1, -0.05) is 0 Å². The van der Waals surface area contributed by atoms with Crippen molar-refractivity contribution in [2.75, 3.05) is 12.4 Å². The Balaban J connectivity index is 3.08. The van der Waals surface area contributed by atoms with E-state index in [0.29, 0.717) is 17.0 Å². The number of rotatable bonds is 3. The number of ether oxygens (including phenoxy) is 1. The van der Waals surface area contributed by atoms with Crippen molar-refractivity contribution in [3.63, 3.8) is 0 Å². The number of nitriles is 2. The van der Waals surface area contributed by atoms with E-state index >= 15 is 0 Å². The average molecular weight is 231 g/mol. The lowest BCUT2D eigenvalue weighted by molar-refractivity contribution is 0.415. The molecule has 0 heterocycles. The molecule has 1 rings (SSSR count). The molecule has 0 saturated heterocycles. The summed E-state index contributed by atoms with van der Waals surface area (Å²) in [6.07, 6.45) is 1.20. The van der Waals surface area contributed by atoms with E-state index in [4.69, 9.17) is 15.3 Å². The van der Waals surface area contributed by atoms with Gasteiger partial charge in [0, 0.05) is 12.3 Å². The zero-order valence-electron chi connectivity index (χ0n) is 9.41. The zero-order chi connectivity index (χ0) is 12.8. The highest BCUT2D eigenvalue weighted by atomic mass is 19.1. The lowest BCUT2D eigenvalue weighted by Crippen LogP contribution is -1.97. The van der Waals surface area contributed by atoms with Gasteiger partial charge in [-0.15, -0.1) is 0 Å². The molecule has 5 heteroatoms. The van der Waals surface area contributed by atoms with Gasteiger partial charge in [-0.05, 0) is 18.6 Å². The van der Waals surface area contributed by atoms with Crippen LogP contribution in [0.15, 0.2) is 23.9 Å². The Morgan fingerprint density at radius 2 is 2.06 bits per heavy atom. The van der Waals surface area contributed by atoms with Gasteiger partial charge in [0.15, 0.2) is 0 Å². The van der Waals surface area contributed by atoms with Crippen LogP contribution < -0.4 is 10.1 Å². The van der Waals surface area contributed by atoms with Crippen molar-refractivity contribution < 1.29 is 9.13 Å². The Morgan fingerprint density at radius 3 is 2.59 bits per heavy atom. The number of nitrogens with one attached hydrogen (secondary N) is 1. The molecule has 0 radical (unpaired) electrons. The third-order valence-electron chi connectivity index (χ3n) is 2.09. The normalized spacial score (nSPS) is 8.76. The second-order valence-corrected chi connectivity index (χ2v) is 3.23. The molecular weight excluding hydrogens is 221 g/mol. The summed E-state index contributed by atoms with van der Waals surface area (Å²) in [5.74, 6) is 0.0487. The standard InChI is InChI=1S/C12H10FN3O/c1-8-3-12(17-2)11(4-10(8)13)16-7-9(5-14)6-15/h3-4,7,16H,1-2H3. The third kappa shape index (κ3) is 2.96. The number of benzene rings is 1. The number of methoxy groups -OCH3 is 1. The number of hydrogen-bond donors (Lipinski definition) is 1. The van der Waals surface area contributed by atoms with Gasteiger partial charge in [0.2, 0.25) is 0 Å². The number of nitrogens with zero attached hydrogens (tertiary/aromatic N) is 2. The minimum Gasteiger partial charge on any atom is -0.495 e. The maximum absolute atomic E-state index is 13.3. The van der Waals surface area contributed by atoms with Gasteiger partial charge in [0.25, 0.3) is 0 Å². The van der Waals surface area contributed by atoms with E-state index in [0.717, 1.165) is 0 Å². The van der Waals surface area contributed by atoms with Crippen molar-refractivity contribution in [3.8, 4) is 17.9 Å². The van der Waals surface area contributed by atoms with Crippen molar-refractivity contribution in [2.24, 2.45) is 0 Å². The van der Waals surface area contributed by atoms with Gasteiger partial charge in [-0.2, -0.15) is 10.5 Å². The van der Waals surface area contributed by atoms with Gasteiger partial charge in [-0.25, -0.2) is 4.39 Å². The summed E-state index contributed by atoms with van der Waals surface area (Å²) in [6, 6.07) is 6.16. The molecule has 0 fully saturated rings. The van der Waals surface area contributed by atoms with Crippen LogP contribution in [0.1, 0.15) is 5.56 Å². The highest BCUT2D eigenvalue weighted by molar-refractivity contribution is 5.60. The molecular formula is C12H10FN3O. The Kier molecular flexibility index (Phi) is 4.08. The molecule has 1 aromatic carbocycles. The molecule has 0 unspecified atom stereocenters. The molecule has 86 valence electrons. The lowest BCUT2D eigenvalue weighted by atomic mass is 10.2. The summed E-state index contributed by atoms with van der Waals surface area (Å²) in [5.41, 5.74) is 0.712. The van der Waals surface area contributed by atoms with Gasteiger partial charge >= 0.3 is 0 Å². The smallest absolute Gasteiger partial charge is 0.145 e.